The van der Waals surface area contributed by atoms with Crippen LogP contribution in [-0.2, 0) is 4.79 Å². The summed E-state index contributed by atoms with van der Waals surface area (Å²) < 4.78 is 1.10. The van der Waals surface area contributed by atoms with Crippen LogP contribution in [0.3, 0.4) is 0 Å². The Morgan fingerprint density at radius 1 is 1.45 bits per heavy atom. The normalized spacial score (nSPS) is 18.6. The molecule has 1 N–H and O–H groups in total. The number of rotatable bonds is 4. The molecule has 0 saturated carbocycles. The second kappa shape index (κ2) is 6.96. The molecule has 110 valence electrons. The lowest BCUT2D eigenvalue weighted by Gasteiger charge is -2.23. The van der Waals surface area contributed by atoms with Crippen molar-refractivity contribution < 1.29 is 9.90 Å². The maximum Gasteiger partial charge on any atom is 0.233 e. The molecule has 1 amide bonds. The van der Waals surface area contributed by atoms with Crippen LogP contribution in [0, 0.1) is 13.8 Å². The number of benzene rings is 1. The number of likely N-dealkylation sites (tertiary alicyclic amines) is 1. The minimum Gasteiger partial charge on any atom is -0.394 e. The van der Waals surface area contributed by atoms with Gasteiger partial charge in [0.1, 0.15) is 0 Å². The van der Waals surface area contributed by atoms with Gasteiger partial charge in [0.25, 0.3) is 0 Å². The number of aryl methyl sites for hydroxylation is 2. The first-order valence-corrected chi connectivity index (χ1v) is 8.60. The molecular weight excluding hydrogens is 338 g/mol. The van der Waals surface area contributed by atoms with Crippen molar-refractivity contribution in [2.75, 3.05) is 18.9 Å². The summed E-state index contributed by atoms with van der Waals surface area (Å²) in [6.45, 7) is 4.97. The SMILES string of the molecule is Cc1cc(SCC(=O)N2CCC[C@@H]2CO)c(C)cc1Br. The predicted octanol–water partition coefficient (Wildman–Crippen LogP) is 3.14. The molecule has 3 nitrogen and oxygen atoms in total. The van der Waals surface area contributed by atoms with E-state index < -0.39 is 0 Å². The molecule has 0 unspecified atom stereocenters. The van der Waals surface area contributed by atoms with Crippen molar-refractivity contribution in [1.29, 1.82) is 0 Å². The molecule has 1 saturated heterocycles. The van der Waals surface area contributed by atoms with E-state index in [0.29, 0.717) is 5.75 Å². The van der Waals surface area contributed by atoms with Crippen molar-refractivity contribution in [3.05, 3.63) is 27.7 Å². The highest BCUT2D eigenvalue weighted by Crippen LogP contribution is 2.29. The molecule has 1 aromatic rings. The summed E-state index contributed by atoms with van der Waals surface area (Å²) in [5, 5.41) is 9.28. The number of hydrogen-bond donors (Lipinski definition) is 1. The Balaban J connectivity index is 1.98. The van der Waals surface area contributed by atoms with Crippen LogP contribution in [0.4, 0.5) is 0 Å². The van der Waals surface area contributed by atoms with Gasteiger partial charge in [-0.2, -0.15) is 0 Å². The van der Waals surface area contributed by atoms with Gasteiger partial charge in [-0.25, -0.2) is 0 Å². The van der Waals surface area contributed by atoms with Gasteiger partial charge in [-0.1, -0.05) is 15.9 Å². The van der Waals surface area contributed by atoms with Crippen LogP contribution in [0.1, 0.15) is 24.0 Å². The zero-order valence-corrected chi connectivity index (χ0v) is 14.3. The predicted molar refractivity (Wildman–Crippen MR) is 86.2 cm³/mol. The summed E-state index contributed by atoms with van der Waals surface area (Å²) >= 11 is 5.10. The number of halogens is 1. The van der Waals surface area contributed by atoms with Crippen molar-refractivity contribution in [3.8, 4) is 0 Å². The molecule has 20 heavy (non-hydrogen) atoms. The van der Waals surface area contributed by atoms with E-state index in [0.717, 1.165) is 28.8 Å². The quantitative estimate of drug-likeness (QED) is 0.841. The van der Waals surface area contributed by atoms with Crippen LogP contribution in [0.25, 0.3) is 0 Å². The van der Waals surface area contributed by atoms with Gasteiger partial charge >= 0.3 is 0 Å². The van der Waals surface area contributed by atoms with Crippen LogP contribution in [0.5, 0.6) is 0 Å². The second-order valence-corrected chi connectivity index (χ2v) is 7.09. The third kappa shape index (κ3) is 3.57. The van der Waals surface area contributed by atoms with Crippen LogP contribution in [0.2, 0.25) is 0 Å². The van der Waals surface area contributed by atoms with Crippen LogP contribution in [0.15, 0.2) is 21.5 Å². The van der Waals surface area contributed by atoms with Crippen molar-refractivity contribution in [3.63, 3.8) is 0 Å². The van der Waals surface area contributed by atoms with E-state index in [4.69, 9.17) is 0 Å². The molecule has 0 aliphatic carbocycles. The number of nitrogens with zero attached hydrogens (tertiary/aromatic N) is 1. The van der Waals surface area contributed by atoms with Crippen LogP contribution < -0.4 is 0 Å². The summed E-state index contributed by atoms with van der Waals surface area (Å²) in [5.41, 5.74) is 2.36. The molecular formula is C15H20BrNO2S. The molecule has 1 fully saturated rings. The third-order valence-corrected chi connectivity index (χ3v) is 5.71. The third-order valence-electron chi connectivity index (χ3n) is 3.72. The van der Waals surface area contributed by atoms with Crippen molar-refractivity contribution in [2.45, 2.75) is 37.6 Å². The highest BCUT2D eigenvalue weighted by Gasteiger charge is 2.27. The lowest BCUT2D eigenvalue weighted by atomic mass is 10.2. The summed E-state index contributed by atoms with van der Waals surface area (Å²) in [6.07, 6.45) is 1.92. The van der Waals surface area contributed by atoms with Gasteiger partial charge in [0.05, 0.1) is 18.4 Å². The molecule has 0 radical (unpaired) electrons. The van der Waals surface area contributed by atoms with Crippen molar-refractivity contribution in [1.82, 2.24) is 4.90 Å². The lowest BCUT2D eigenvalue weighted by molar-refractivity contribution is -0.129. The van der Waals surface area contributed by atoms with Crippen molar-refractivity contribution >= 4 is 33.6 Å². The number of amides is 1. The monoisotopic (exact) mass is 357 g/mol. The highest BCUT2D eigenvalue weighted by molar-refractivity contribution is 9.10. The van der Waals surface area contributed by atoms with E-state index in [2.05, 4.69) is 41.9 Å². The summed E-state index contributed by atoms with van der Waals surface area (Å²) in [4.78, 5) is 15.2. The standard InChI is InChI=1S/C15H20BrNO2S/c1-10-7-14(11(2)6-13(10)16)20-9-15(19)17-5-3-4-12(17)8-18/h6-7,12,18H,3-5,8-9H2,1-2H3/t12-/m1/s1. The van der Waals surface area contributed by atoms with Crippen LogP contribution in [-0.4, -0.2) is 40.9 Å². The smallest absolute Gasteiger partial charge is 0.233 e. The van der Waals surface area contributed by atoms with Gasteiger partial charge in [0.2, 0.25) is 5.91 Å². The van der Waals surface area contributed by atoms with Gasteiger partial charge in [-0.15, -0.1) is 11.8 Å². The summed E-state index contributed by atoms with van der Waals surface area (Å²) in [5.74, 6) is 0.574. The Morgan fingerprint density at radius 2 is 2.20 bits per heavy atom. The molecule has 1 aliphatic heterocycles. The minimum atomic E-state index is 0.0239. The number of carbonyl (C=O) groups excluding carboxylic acids is 1. The molecule has 0 spiro atoms. The van der Waals surface area contributed by atoms with Gasteiger partial charge in [0, 0.05) is 15.9 Å². The number of thioether (sulfide) groups is 1. The summed E-state index contributed by atoms with van der Waals surface area (Å²) in [6, 6.07) is 4.23. The first-order chi connectivity index (χ1) is 9.52. The van der Waals surface area contributed by atoms with E-state index in [9.17, 15) is 9.90 Å². The Morgan fingerprint density at radius 3 is 2.90 bits per heavy atom. The number of aliphatic hydroxyl groups excluding tert-OH is 1. The lowest BCUT2D eigenvalue weighted by Crippen LogP contribution is -2.38. The van der Waals surface area contributed by atoms with Gasteiger partial charge in [-0.05, 0) is 49.9 Å². The maximum absolute atomic E-state index is 12.2. The van der Waals surface area contributed by atoms with Crippen molar-refractivity contribution in [2.24, 2.45) is 0 Å². The van der Waals surface area contributed by atoms with E-state index in [1.54, 1.807) is 11.8 Å². The van der Waals surface area contributed by atoms with E-state index >= 15 is 0 Å². The van der Waals surface area contributed by atoms with Gasteiger partial charge in [-0.3, -0.25) is 4.79 Å². The van der Waals surface area contributed by atoms with E-state index in [1.165, 1.54) is 11.1 Å². The molecule has 0 bridgehead atoms. The van der Waals surface area contributed by atoms with Gasteiger partial charge < -0.3 is 10.0 Å². The molecule has 5 heteroatoms. The summed E-state index contributed by atoms with van der Waals surface area (Å²) in [7, 11) is 0. The zero-order valence-electron chi connectivity index (χ0n) is 11.9. The molecule has 2 rings (SSSR count). The minimum absolute atomic E-state index is 0.0239. The fraction of sp³-hybridized carbons (Fsp3) is 0.533. The molecule has 0 aromatic heterocycles. The largest absolute Gasteiger partial charge is 0.394 e. The maximum atomic E-state index is 12.2. The fourth-order valence-corrected chi connectivity index (χ4v) is 3.94. The first kappa shape index (κ1) is 15.9. The molecule has 1 heterocycles. The fourth-order valence-electron chi connectivity index (χ4n) is 2.49. The van der Waals surface area contributed by atoms with E-state index in [1.807, 2.05) is 4.90 Å². The molecule has 1 atom stereocenters. The Labute approximate surface area is 132 Å². The molecule has 1 aliphatic rings. The van der Waals surface area contributed by atoms with E-state index in [-0.39, 0.29) is 18.6 Å². The number of carbonyl (C=O) groups is 1. The Kier molecular flexibility index (Phi) is 5.52. The zero-order chi connectivity index (χ0) is 14.7. The first-order valence-electron chi connectivity index (χ1n) is 6.82. The topological polar surface area (TPSA) is 40.5 Å². The van der Waals surface area contributed by atoms with Crippen LogP contribution >= 0.6 is 27.7 Å². The number of aliphatic hydroxyl groups is 1. The highest BCUT2D eigenvalue weighted by atomic mass is 79.9. The van der Waals surface area contributed by atoms with Gasteiger partial charge in [0.15, 0.2) is 0 Å². The number of hydrogen-bond acceptors (Lipinski definition) is 3. The average molecular weight is 358 g/mol. The molecule has 1 aromatic carbocycles. The Hall–Kier alpha value is -0.520. The average Bonchev–Trinajstić information content (AvgIpc) is 2.89. The Bertz CT molecular complexity index is 507. The second-order valence-electron chi connectivity index (χ2n) is 5.22.